The fraction of sp³-hybridized carbons (Fsp3) is 0.368. The highest BCUT2D eigenvalue weighted by atomic mass is 32.2. The molecule has 1 saturated heterocycles. The normalized spacial score (nSPS) is 17.5. The first-order valence-electron chi connectivity index (χ1n) is 16.9. The van der Waals surface area contributed by atoms with Gasteiger partial charge in [0.15, 0.2) is 0 Å². The number of methoxy groups -OCH3 is 1. The topological polar surface area (TPSA) is 114 Å². The maximum absolute atomic E-state index is 14.0. The third-order valence-corrected chi connectivity index (χ3v) is 15.1. The zero-order chi connectivity index (χ0) is 38.7. The van der Waals surface area contributed by atoms with Crippen LogP contribution in [-0.2, 0) is 42.9 Å². The molecule has 0 aliphatic carbocycles. The first-order chi connectivity index (χ1) is 24.9. The minimum Gasteiger partial charge on any atom is -0.497 e. The first kappa shape index (κ1) is 39.6. The predicted molar refractivity (Wildman–Crippen MR) is 196 cm³/mol. The van der Waals surface area contributed by atoms with Gasteiger partial charge in [-0.25, -0.2) is 9.86 Å². The number of carbonyl (C=O) groups excluding carboxylic acids is 4. The van der Waals surface area contributed by atoms with E-state index in [1.54, 1.807) is 36.4 Å². The van der Waals surface area contributed by atoms with Gasteiger partial charge in [-0.1, -0.05) is 63.2 Å². The Bertz CT molecular complexity index is 1860. The lowest BCUT2D eigenvalue weighted by atomic mass is 10.0. The molecule has 0 aromatic heterocycles. The van der Waals surface area contributed by atoms with Gasteiger partial charge in [0, 0.05) is 11.3 Å². The molecule has 0 spiro atoms. The average molecular weight is 770 g/mol. The molecule has 3 amide bonds. The van der Waals surface area contributed by atoms with E-state index < -0.39 is 49.3 Å². The van der Waals surface area contributed by atoms with Crippen molar-refractivity contribution in [2.24, 2.45) is 0 Å². The Hall–Kier alpha value is -4.60. The van der Waals surface area contributed by atoms with Gasteiger partial charge in [0.25, 0.3) is 11.8 Å². The van der Waals surface area contributed by atoms with E-state index in [1.165, 1.54) is 23.8 Å². The third kappa shape index (κ3) is 9.14. The molecule has 3 aromatic rings. The van der Waals surface area contributed by atoms with Crippen molar-refractivity contribution in [3.05, 3.63) is 112 Å². The largest absolute Gasteiger partial charge is 0.497 e. The van der Waals surface area contributed by atoms with Crippen molar-refractivity contribution in [1.82, 2.24) is 15.3 Å². The van der Waals surface area contributed by atoms with Crippen LogP contribution in [0.2, 0.25) is 18.1 Å². The van der Waals surface area contributed by atoms with Crippen LogP contribution in [0.3, 0.4) is 0 Å². The number of thioether (sulfide) groups is 1. The highest BCUT2D eigenvalue weighted by Crippen LogP contribution is 2.42. The molecular formula is C38H42F3N3O7SSi. The molecule has 2 atom stereocenters. The number of β-lactam (4-membered cyclic amide) rings is 1. The van der Waals surface area contributed by atoms with E-state index in [9.17, 15) is 32.3 Å². The van der Waals surface area contributed by atoms with Crippen LogP contribution in [0.15, 0.2) is 90.1 Å². The number of hydrogen-bond acceptors (Lipinski definition) is 8. The fourth-order valence-corrected chi connectivity index (χ4v) is 7.72. The summed E-state index contributed by atoms with van der Waals surface area (Å²) in [6, 6.07) is 18.9. The van der Waals surface area contributed by atoms with Gasteiger partial charge in [-0.2, -0.15) is 13.2 Å². The fourth-order valence-electron chi connectivity index (χ4n) is 5.42. The molecule has 1 N–H and O–H groups in total. The molecule has 282 valence electrons. The van der Waals surface area contributed by atoms with Crippen LogP contribution in [0.25, 0.3) is 0 Å². The quantitative estimate of drug-likeness (QED) is 0.0934. The van der Waals surface area contributed by atoms with E-state index in [4.69, 9.17) is 14.0 Å². The molecule has 0 saturated carbocycles. The lowest BCUT2D eigenvalue weighted by Crippen LogP contribution is -2.71. The second kappa shape index (κ2) is 15.8. The van der Waals surface area contributed by atoms with Crippen molar-refractivity contribution >= 4 is 43.8 Å². The molecule has 0 unspecified atom stereocenters. The van der Waals surface area contributed by atoms with Crippen LogP contribution >= 0.6 is 11.8 Å². The van der Waals surface area contributed by atoms with Crippen molar-refractivity contribution in [2.75, 3.05) is 19.4 Å². The van der Waals surface area contributed by atoms with E-state index in [0.29, 0.717) is 16.9 Å². The summed E-state index contributed by atoms with van der Waals surface area (Å²) in [7, 11) is -1.23. The molecule has 0 radical (unpaired) electrons. The zero-order valence-electron chi connectivity index (χ0n) is 30.3. The van der Waals surface area contributed by atoms with E-state index in [2.05, 4.69) is 5.32 Å². The van der Waals surface area contributed by atoms with Gasteiger partial charge in [0.2, 0.25) is 14.2 Å². The number of nitrogens with one attached hydrogen (secondary N) is 1. The number of fused-ring (bicyclic) bond motifs is 1. The van der Waals surface area contributed by atoms with Crippen LogP contribution in [0.5, 0.6) is 5.75 Å². The Morgan fingerprint density at radius 1 is 0.943 bits per heavy atom. The van der Waals surface area contributed by atoms with Crippen molar-refractivity contribution in [2.45, 2.75) is 69.5 Å². The van der Waals surface area contributed by atoms with Gasteiger partial charge in [0.05, 0.1) is 25.6 Å². The van der Waals surface area contributed by atoms with E-state index in [0.717, 1.165) is 34.9 Å². The molecule has 2 aliphatic rings. The second-order valence-corrected chi connectivity index (χ2v) is 20.1. The number of carbonyl (C=O) groups is 4. The average Bonchev–Trinajstić information content (AvgIpc) is 3.11. The zero-order valence-corrected chi connectivity index (χ0v) is 32.1. The van der Waals surface area contributed by atoms with Crippen LogP contribution in [0, 0.1) is 0 Å². The smallest absolute Gasteiger partial charge is 0.416 e. The Morgan fingerprint density at radius 3 is 2.17 bits per heavy atom. The minimum absolute atomic E-state index is 0.0523. The molecule has 0 bridgehead atoms. The Kier molecular flexibility index (Phi) is 11.8. The number of benzene rings is 3. The molecule has 10 nitrogen and oxygen atoms in total. The lowest BCUT2D eigenvalue weighted by molar-refractivity contribution is -0.153. The van der Waals surface area contributed by atoms with Gasteiger partial charge < -0.3 is 19.3 Å². The third-order valence-electron chi connectivity index (χ3n) is 9.46. The standard InChI is InChI=1S/C38H42F3N3O7SSi/c1-37(2,3)53(5,6)51-43(33(46)26-14-16-28(17-15-26)38(39,40)41)21-27-23-52-35-31(42-30(45)20-24-10-8-7-9-11-24)34(47)44(35)32(27)36(48)50-22-25-12-18-29(49-4)19-13-25/h7-19,31,35H,20-23H2,1-6H3,(H,42,45)/t31-,35-/m1/s1. The van der Waals surface area contributed by atoms with Crippen LogP contribution in [0.4, 0.5) is 13.2 Å². The number of hydroxylamine groups is 2. The van der Waals surface area contributed by atoms with Gasteiger partial charge in [-0.05, 0) is 71.2 Å². The van der Waals surface area contributed by atoms with Crippen molar-refractivity contribution in [1.29, 1.82) is 0 Å². The Balaban J connectivity index is 1.47. The molecule has 53 heavy (non-hydrogen) atoms. The predicted octanol–water partition coefficient (Wildman–Crippen LogP) is 6.73. The van der Waals surface area contributed by atoms with Gasteiger partial charge in [-0.15, -0.1) is 11.8 Å². The number of amides is 3. The van der Waals surface area contributed by atoms with E-state index in [1.807, 2.05) is 52.1 Å². The van der Waals surface area contributed by atoms with E-state index >= 15 is 0 Å². The minimum atomic E-state index is -4.59. The summed E-state index contributed by atoms with van der Waals surface area (Å²) in [4.78, 5) is 56.0. The van der Waals surface area contributed by atoms with Gasteiger partial charge in [-0.3, -0.25) is 19.3 Å². The lowest BCUT2D eigenvalue weighted by Gasteiger charge is -2.50. The number of halogens is 3. The summed E-state index contributed by atoms with van der Waals surface area (Å²) in [5.41, 5.74) is 0.728. The number of esters is 1. The van der Waals surface area contributed by atoms with Gasteiger partial charge in [0.1, 0.15) is 29.5 Å². The second-order valence-electron chi connectivity index (χ2n) is 14.3. The summed E-state index contributed by atoms with van der Waals surface area (Å²) in [5, 5.41) is 2.87. The molecule has 2 aliphatic heterocycles. The Morgan fingerprint density at radius 2 is 1.58 bits per heavy atom. The summed E-state index contributed by atoms with van der Waals surface area (Å²) in [5.74, 6) is -1.65. The molecule has 15 heteroatoms. The molecule has 1 fully saturated rings. The summed E-state index contributed by atoms with van der Waals surface area (Å²) >= 11 is 1.30. The summed E-state index contributed by atoms with van der Waals surface area (Å²) in [6.45, 7) is 9.30. The highest BCUT2D eigenvalue weighted by Gasteiger charge is 2.55. The van der Waals surface area contributed by atoms with Crippen molar-refractivity contribution in [3.8, 4) is 5.75 Å². The van der Waals surface area contributed by atoms with Crippen molar-refractivity contribution in [3.63, 3.8) is 0 Å². The summed E-state index contributed by atoms with van der Waals surface area (Å²) in [6.07, 6.45) is -4.53. The number of ether oxygens (including phenoxy) is 2. The maximum Gasteiger partial charge on any atom is 0.416 e. The SMILES string of the molecule is COc1ccc(COC(=O)C2=C(CN(O[Si](C)(C)C(C)(C)C)C(=O)c3ccc(C(F)(F)F)cc3)CS[C@@H]3[C@H](NC(=O)Cc4ccccc4)C(=O)N23)cc1. The number of nitrogens with zero attached hydrogens (tertiary/aromatic N) is 2. The molecular weight excluding hydrogens is 728 g/mol. The first-order valence-corrected chi connectivity index (χ1v) is 20.8. The number of rotatable bonds is 12. The maximum atomic E-state index is 14.0. The van der Waals surface area contributed by atoms with Crippen molar-refractivity contribution < 1.29 is 46.3 Å². The van der Waals surface area contributed by atoms with E-state index in [-0.39, 0.29) is 47.5 Å². The molecule has 5 rings (SSSR count). The number of hydrogen-bond donors (Lipinski definition) is 1. The van der Waals surface area contributed by atoms with Crippen LogP contribution in [0.1, 0.15) is 47.8 Å². The number of alkyl halides is 3. The molecule has 2 heterocycles. The molecule has 3 aromatic carbocycles. The van der Waals surface area contributed by atoms with Gasteiger partial charge >= 0.3 is 12.1 Å². The Labute approximate surface area is 311 Å². The highest BCUT2D eigenvalue weighted by molar-refractivity contribution is 8.00. The van der Waals surface area contributed by atoms with Crippen LogP contribution < -0.4 is 10.1 Å². The monoisotopic (exact) mass is 769 g/mol. The summed E-state index contributed by atoms with van der Waals surface area (Å²) < 4.78 is 57.4. The van der Waals surface area contributed by atoms with Crippen LogP contribution in [-0.4, -0.2) is 72.8 Å².